The molecule has 0 N–H and O–H groups in total. The number of hydrogen-bond donors (Lipinski definition) is 0. The van der Waals surface area contributed by atoms with E-state index in [2.05, 4.69) is 111 Å². The van der Waals surface area contributed by atoms with Crippen LogP contribution in [0.3, 0.4) is 0 Å². The fourth-order valence-electron chi connectivity index (χ4n) is 4.92. The number of benzene rings is 3. The maximum absolute atomic E-state index is 7.53. The quantitative estimate of drug-likeness (QED) is 0.0529. The normalized spacial score (nSPS) is 12.0. The molecule has 0 aliphatic rings. The van der Waals surface area contributed by atoms with Crippen molar-refractivity contribution in [2.45, 2.75) is 97.2 Å². The Labute approximate surface area is 255 Å². The highest BCUT2D eigenvalue weighted by atomic mass is 35.7. The van der Waals surface area contributed by atoms with Crippen LogP contribution in [0, 0.1) is 0 Å². The number of ether oxygens (including phenoxy) is 2. The van der Waals surface area contributed by atoms with Gasteiger partial charge in [0.15, 0.2) is 6.29 Å². The predicted molar refractivity (Wildman–Crippen MR) is 182 cm³/mol. The molecule has 3 aromatic carbocycles. The summed E-state index contributed by atoms with van der Waals surface area (Å²) in [5.41, 5.74) is 1.38. The molecule has 4 heteroatoms. The highest BCUT2D eigenvalue weighted by Gasteiger charge is 2.44. The molecule has 0 saturated carbocycles. The third-order valence-corrected chi connectivity index (χ3v) is 12.2. The van der Waals surface area contributed by atoms with Gasteiger partial charge in [-0.05, 0) is 99.7 Å². The van der Waals surface area contributed by atoms with Crippen LogP contribution in [0.1, 0.15) is 90.0 Å². The van der Waals surface area contributed by atoms with Crippen LogP contribution >= 0.6 is 17.9 Å². The maximum atomic E-state index is 7.53. The molecular formula is C37H51ClO2P+. The third-order valence-electron chi connectivity index (χ3n) is 7.43. The molecule has 222 valence electrons. The largest absolute Gasteiger partial charge is 0.353 e. The lowest BCUT2D eigenvalue weighted by atomic mass is 10.1. The van der Waals surface area contributed by atoms with E-state index in [9.17, 15) is 0 Å². The summed E-state index contributed by atoms with van der Waals surface area (Å²) in [5.74, 6) is 0. The SMILES string of the molecule is CCCCOC(CCCCC/C=C\CCCc1ccc([P+](Cl)(c2ccccc2)c2ccccc2)cc1)OCCCC. The van der Waals surface area contributed by atoms with Crippen LogP contribution in [0.25, 0.3) is 0 Å². The number of halogens is 1. The molecule has 41 heavy (non-hydrogen) atoms. The Morgan fingerprint density at radius 1 is 0.610 bits per heavy atom. The monoisotopic (exact) mass is 593 g/mol. The standard InChI is InChI=1S/C37H51ClO2P/c1-3-5-31-39-37(40-32-6-4-2)26-20-12-10-8-7-9-11-15-21-33-27-29-36(30-28-33)41(38,34-22-16-13-17-23-34)35-24-18-14-19-25-35/h7,9,13-14,16-19,22-25,27-30,37H,3-6,8,10-12,15,20-21,26,31-32H2,1-2H3/q+1/b9-7-. The van der Waals surface area contributed by atoms with E-state index >= 15 is 0 Å². The van der Waals surface area contributed by atoms with Crippen LogP contribution in [0.4, 0.5) is 0 Å². The molecule has 2 nitrogen and oxygen atoms in total. The Balaban J connectivity index is 1.37. The first-order chi connectivity index (χ1) is 20.2. The minimum atomic E-state index is -2.17. The molecule has 0 saturated heterocycles. The van der Waals surface area contributed by atoms with E-state index in [4.69, 9.17) is 20.7 Å². The second-order valence-electron chi connectivity index (χ2n) is 10.8. The van der Waals surface area contributed by atoms with Gasteiger partial charge < -0.3 is 9.47 Å². The van der Waals surface area contributed by atoms with Gasteiger partial charge in [-0.2, -0.15) is 0 Å². The summed E-state index contributed by atoms with van der Waals surface area (Å²) in [6.07, 6.45) is 18.5. The second kappa shape index (κ2) is 20.0. The first-order valence-corrected chi connectivity index (χ1v) is 18.6. The molecule has 0 aromatic heterocycles. The minimum absolute atomic E-state index is 0.0166. The zero-order valence-electron chi connectivity index (χ0n) is 25.4. The molecule has 0 aliphatic carbocycles. The maximum Gasteiger partial charge on any atom is 0.210 e. The van der Waals surface area contributed by atoms with E-state index in [1.54, 1.807) is 0 Å². The van der Waals surface area contributed by atoms with Crippen molar-refractivity contribution in [3.63, 3.8) is 0 Å². The number of aryl methyl sites for hydroxylation is 1. The van der Waals surface area contributed by atoms with Gasteiger partial charge in [0.2, 0.25) is 6.62 Å². The Morgan fingerprint density at radius 2 is 1.12 bits per heavy atom. The Bertz CT molecular complexity index is 1040. The number of rotatable bonds is 21. The van der Waals surface area contributed by atoms with E-state index in [-0.39, 0.29) is 6.29 Å². The second-order valence-corrected chi connectivity index (χ2v) is 15.1. The fraction of sp³-hybridized carbons (Fsp3) is 0.459. The van der Waals surface area contributed by atoms with Gasteiger partial charge in [0, 0.05) is 13.2 Å². The van der Waals surface area contributed by atoms with Crippen LogP contribution in [0.2, 0.25) is 0 Å². The van der Waals surface area contributed by atoms with Crippen molar-refractivity contribution in [1.82, 2.24) is 0 Å². The molecule has 0 unspecified atom stereocenters. The van der Waals surface area contributed by atoms with Gasteiger partial charge in [-0.15, -0.1) is 0 Å². The van der Waals surface area contributed by atoms with E-state index in [0.29, 0.717) is 0 Å². The molecule has 0 fully saturated rings. The molecule has 0 bridgehead atoms. The lowest BCUT2D eigenvalue weighted by Crippen LogP contribution is -2.27. The van der Waals surface area contributed by atoms with Crippen molar-refractivity contribution in [2.24, 2.45) is 0 Å². The first-order valence-electron chi connectivity index (χ1n) is 15.9. The molecule has 0 aliphatic heterocycles. The van der Waals surface area contributed by atoms with Crippen LogP contribution in [0.5, 0.6) is 0 Å². The zero-order chi connectivity index (χ0) is 29.0. The molecule has 0 amide bonds. The fourth-order valence-corrected chi connectivity index (χ4v) is 8.56. The Morgan fingerprint density at radius 3 is 1.66 bits per heavy atom. The molecule has 0 heterocycles. The van der Waals surface area contributed by atoms with Crippen molar-refractivity contribution in [3.8, 4) is 0 Å². The molecule has 0 spiro atoms. The van der Waals surface area contributed by atoms with Crippen molar-refractivity contribution in [2.75, 3.05) is 13.2 Å². The Hall–Kier alpha value is -1.96. The van der Waals surface area contributed by atoms with Crippen molar-refractivity contribution in [1.29, 1.82) is 0 Å². The Kier molecular flexibility index (Phi) is 16.4. The summed E-state index contributed by atoms with van der Waals surface area (Å²) < 4.78 is 11.9. The molecule has 3 aromatic rings. The van der Waals surface area contributed by atoms with Crippen molar-refractivity contribution in [3.05, 3.63) is 103 Å². The molecule has 0 radical (unpaired) electrons. The number of unbranched alkanes of at least 4 members (excludes halogenated alkanes) is 6. The highest BCUT2D eigenvalue weighted by molar-refractivity contribution is 8.14. The van der Waals surface area contributed by atoms with Crippen LogP contribution in [0.15, 0.2) is 97.1 Å². The number of allylic oxidation sites excluding steroid dienone is 2. The highest BCUT2D eigenvalue weighted by Crippen LogP contribution is 2.60. The zero-order valence-corrected chi connectivity index (χ0v) is 27.0. The topological polar surface area (TPSA) is 18.5 Å². The van der Waals surface area contributed by atoms with Crippen LogP contribution in [-0.2, 0) is 15.9 Å². The van der Waals surface area contributed by atoms with E-state index in [1.807, 2.05) is 0 Å². The van der Waals surface area contributed by atoms with Gasteiger partial charge in [0.25, 0.3) is 0 Å². The summed E-state index contributed by atoms with van der Waals surface area (Å²) in [6.45, 7) is 3.86. The van der Waals surface area contributed by atoms with Gasteiger partial charge in [-0.25, -0.2) is 0 Å². The molecule has 0 atom stereocenters. The van der Waals surface area contributed by atoms with E-state index < -0.39 is 6.62 Å². The lowest BCUT2D eigenvalue weighted by molar-refractivity contribution is -0.147. The van der Waals surface area contributed by atoms with E-state index in [1.165, 1.54) is 60.0 Å². The average Bonchev–Trinajstić information content (AvgIpc) is 3.02. The minimum Gasteiger partial charge on any atom is -0.353 e. The third kappa shape index (κ3) is 11.7. The van der Waals surface area contributed by atoms with Crippen molar-refractivity contribution < 1.29 is 9.47 Å². The summed E-state index contributed by atoms with van der Waals surface area (Å²) in [7, 11) is 0. The van der Waals surface area contributed by atoms with Crippen LogP contribution < -0.4 is 15.9 Å². The van der Waals surface area contributed by atoms with Crippen LogP contribution in [-0.4, -0.2) is 19.5 Å². The lowest BCUT2D eigenvalue weighted by Gasteiger charge is -2.19. The average molecular weight is 594 g/mol. The van der Waals surface area contributed by atoms with E-state index in [0.717, 1.165) is 51.7 Å². The summed E-state index contributed by atoms with van der Waals surface area (Å²) in [4.78, 5) is 0. The van der Waals surface area contributed by atoms with Gasteiger partial charge in [-0.1, -0.05) is 93.8 Å². The smallest absolute Gasteiger partial charge is 0.210 e. The summed E-state index contributed by atoms with van der Waals surface area (Å²) in [6, 6.07) is 30.1. The van der Waals surface area contributed by atoms with Gasteiger partial charge in [0.05, 0.1) is 0 Å². The number of hydrogen-bond acceptors (Lipinski definition) is 2. The van der Waals surface area contributed by atoms with Crippen molar-refractivity contribution >= 4 is 33.8 Å². The van der Waals surface area contributed by atoms with Gasteiger partial charge in [0.1, 0.15) is 27.2 Å². The predicted octanol–water partition coefficient (Wildman–Crippen LogP) is 9.92. The first kappa shape index (κ1) is 33.5. The molecule has 3 rings (SSSR count). The summed E-state index contributed by atoms with van der Waals surface area (Å²) >= 11 is 7.53. The summed E-state index contributed by atoms with van der Waals surface area (Å²) in [5, 5.41) is 3.61. The molecular weight excluding hydrogens is 543 g/mol. The van der Waals surface area contributed by atoms with Gasteiger partial charge in [-0.3, -0.25) is 0 Å². The van der Waals surface area contributed by atoms with Gasteiger partial charge >= 0.3 is 0 Å².